The number of carbonyl (C=O) groups excluding carboxylic acids is 1. The maximum absolute atomic E-state index is 12.5. The third kappa shape index (κ3) is 3.07. The van der Waals surface area contributed by atoms with Crippen molar-refractivity contribution in [1.29, 1.82) is 0 Å². The Balaban J connectivity index is 1.76. The van der Waals surface area contributed by atoms with Crippen LogP contribution in [-0.2, 0) is 0 Å². The minimum absolute atomic E-state index is 0.0818. The molecule has 1 aliphatic rings. The Morgan fingerprint density at radius 1 is 1.27 bits per heavy atom. The van der Waals surface area contributed by atoms with E-state index in [0.717, 1.165) is 35.8 Å². The molecule has 0 aromatic heterocycles. The Bertz CT molecular complexity index is 664. The number of nitrogens with zero attached hydrogens (tertiary/aromatic N) is 1. The summed E-state index contributed by atoms with van der Waals surface area (Å²) in [7, 11) is 0. The number of aliphatic hydroxyl groups excluding tert-OH is 1. The van der Waals surface area contributed by atoms with Crippen LogP contribution in [0, 0.1) is 5.92 Å². The van der Waals surface area contributed by atoms with E-state index in [9.17, 15) is 9.90 Å². The van der Waals surface area contributed by atoms with Gasteiger partial charge in [0.1, 0.15) is 0 Å². The number of fused-ring (bicyclic) bond motifs is 1. The van der Waals surface area contributed by atoms with E-state index in [1.54, 1.807) is 6.92 Å². The van der Waals surface area contributed by atoms with Crippen molar-refractivity contribution >= 4 is 22.5 Å². The molecule has 1 heterocycles. The molecule has 2 amide bonds. The van der Waals surface area contributed by atoms with Crippen LogP contribution in [0.4, 0.5) is 10.5 Å². The van der Waals surface area contributed by atoms with Gasteiger partial charge in [0.25, 0.3) is 0 Å². The lowest BCUT2D eigenvalue weighted by Gasteiger charge is -2.34. The Morgan fingerprint density at radius 3 is 2.86 bits per heavy atom. The molecule has 0 aliphatic carbocycles. The lowest BCUT2D eigenvalue weighted by atomic mass is 9.94. The number of piperidine rings is 1. The Kier molecular flexibility index (Phi) is 4.29. The molecule has 2 N–H and O–H groups in total. The molecule has 22 heavy (non-hydrogen) atoms. The van der Waals surface area contributed by atoms with Gasteiger partial charge in [-0.3, -0.25) is 0 Å². The quantitative estimate of drug-likeness (QED) is 0.892. The third-order valence-corrected chi connectivity index (χ3v) is 4.46. The summed E-state index contributed by atoms with van der Waals surface area (Å²) in [5, 5.41) is 14.9. The van der Waals surface area contributed by atoms with Crippen molar-refractivity contribution in [3.05, 3.63) is 42.5 Å². The minimum Gasteiger partial charge on any atom is -0.393 e. The number of hydrogen-bond acceptors (Lipinski definition) is 2. The lowest BCUT2D eigenvalue weighted by molar-refractivity contribution is 0.0766. The molecular weight excluding hydrogens is 276 g/mol. The molecule has 3 rings (SSSR count). The van der Waals surface area contributed by atoms with Gasteiger partial charge >= 0.3 is 6.03 Å². The molecule has 0 radical (unpaired) electrons. The standard InChI is InChI=1S/C18H22N2O2/c1-13(21)15-8-5-11-20(12-15)18(22)19-17-10-4-7-14-6-2-3-9-16(14)17/h2-4,6-7,9-10,13,15,21H,5,8,11-12H2,1H3,(H,19,22). The molecule has 0 spiro atoms. The molecule has 116 valence electrons. The van der Waals surface area contributed by atoms with E-state index in [1.165, 1.54) is 0 Å². The van der Waals surface area contributed by atoms with Crippen molar-refractivity contribution in [2.45, 2.75) is 25.9 Å². The highest BCUT2D eigenvalue weighted by molar-refractivity contribution is 6.01. The molecule has 2 unspecified atom stereocenters. The van der Waals surface area contributed by atoms with Gasteiger partial charge in [0.05, 0.1) is 11.8 Å². The molecule has 2 aromatic carbocycles. The number of aliphatic hydroxyl groups is 1. The highest BCUT2D eigenvalue weighted by atomic mass is 16.3. The van der Waals surface area contributed by atoms with Crippen molar-refractivity contribution in [3.63, 3.8) is 0 Å². The van der Waals surface area contributed by atoms with Crippen LogP contribution in [0.2, 0.25) is 0 Å². The van der Waals surface area contributed by atoms with Gasteiger partial charge in [-0.25, -0.2) is 4.79 Å². The van der Waals surface area contributed by atoms with Gasteiger partial charge in [-0.2, -0.15) is 0 Å². The largest absolute Gasteiger partial charge is 0.393 e. The molecule has 1 saturated heterocycles. The summed E-state index contributed by atoms with van der Waals surface area (Å²) in [4.78, 5) is 14.3. The summed E-state index contributed by atoms with van der Waals surface area (Å²) in [6.45, 7) is 3.17. The average Bonchev–Trinajstić information content (AvgIpc) is 2.55. The maximum atomic E-state index is 12.5. The first-order valence-electron chi connectivity index (χ1n) is 7.87. The molecule has 2 aromatic rings. The zero-order chi connectivity index (χ0) is 15.5. The van der Waals surface area contributed by atoms with Crippen molar-refractivity contribution in [1.82, 2.24) is 4.90 Å². The number of anilines is 1. The third-order valence-electron chi connectivity index (χ3n) is 4.46. The van der Waals surface area contributed by atoms with E-state index < -0.39 is 0 Å². The second kappa shape index (κ2) is 6.36. The van der Waals surface area contributed by atoms with E-state index in [4.69, 9.17) is 0 Å². The van der Waals surface area contributed by atoms with Gasteiger partial charge in [0.2, 0.25) is 0 Å². The van der Waals surface area contributed by atoms with Crippen LogP contribution in [0.25, 0.3) is 10.8 Å². The van der Waals surface area contributed by atoms with Crippen LogP contribution in [0.5, 0.6) is 0 Å². The number of urea groups is 1. The van der Waals surface area contributed by atoms with Crippen LogP contribution < -0.4 is 5.32 Å². The second-order valence-electron chi connectivity index (χ2n) is 6.05. The number of likely N-dealkylation sites (tertiary alicyclic amines) is 1. The number of nitrogens with one attached hydrogen (secondary N) is 1. The SMILES string of the molecule is CC(O)C1CCCN(C(=O)Nc2cccc3ccccc23)C1. The van der Waals surface area contributed by atoms with Gasteiger partial charge < -0.3 is 15.3 Å². The van der Waals surface area contributed by atoms with Crippen LogP contribution in [0.1, 0.15) is 19.8 Å². The molecule has 2 atom stereocenters. The number of carbonyl (C=O) groups is 1. The first-order valence-corrected chi connectivity index (χ1v) is 7.87. The van der Waals surface area contributed by atoms with E-state index in [0.29, 0.717) is 6.54 Å². The Morgan fingerprint density at radius 2 is 2.05 bits per heavy atom. The molecule has 1 fully saturated rings. The molecule has 4 nitrogen and oxygen atoms in total. The zero-order valence-electron chi connectivity index (χ0n) is 12.8. The first-order chi connectivity index (χ1) is 10.6. The summed E-state index contributed by atoms with van der Waals surface area (Å²) >= 11 is 0. The van der Waals surface area contributed by atoms with Crippen LogP contribution in [-0.4, -0.2) is 35.2 Å². The van der Waals surface area contributed by atoms with Gasteiger partial charge in [-0.1, -0.05) is 36.4 Å². The molecular formula is C18H22N2O2. The van der Waals surface area contributed by atoms with E-state index in [2.05, 4.69) is 5.32 Å². The zero-order valence-corrected chi connectivity index (χ0v) is 12.8. The highest BCUT2D eigenvalue weighted by Gasteiger charge is 2.26. The highest BCUT2D eigenvalue weighted by Crippen LogP contribution is 2.25. The minimum atomic E-state index is -0.367. The normalized spacial score (nSPS) is 19.9. The van der Waals surface area contributed by atoms with E-state index in [-0.39, 0.29) is 18.1 Å². The summed E-state index contributed by atoms with van der Waals surface area (Å²) < 4.78 is 0. The fourth-order valence-electron chi connectivity index (χ4n) is 3.12. The average molecular weight is 298 g/mol. The second-order valence-corrected chi connectivity index (χ2v) is 6.05. The molecule has 0 bridgehead atoms. The monoisotopic (exact) mass is 298 g/mol. The first kappa shape index (κ1) is 14.9. The van der Waals surface area contributed by atoms with Crippen molar-refractivity contribution in [3.8, 4) is 0 Å². The molecule has 4 heteroatoms. The summed E-state index contributed by atoms with van der Waals surface area (Å²) in [5.74, 6) is 0.173. The molecule has 1 aliphatic heterocycles. The predicted octanol–water partition coefficient (Wildman–Crippen LogP) is 3.46. The van der Waals surface area contributed by atoms with Crippen molar-refractivity contribution in [2.75, 3.05) is 18.4 Å². The lowest BCUT2D eigenvalue weighted by Crippen LogP contribution is -2.44. The van der Waals surface area contributed by atoms with Gasteiger partial charge in [0, 0.05) is 24.4 Å². The molecule has 0 saturated carbocycles. The number of benzene rings is 2. The summed E-state index contributed by atoms with van der Waals surface area (Å²) in [6, 6.07) is 13.9. The number of rotatable bonds is 2. The van der Waals surface area contributed by atoms with Gasteiger partial charge in [-0.15, -0.1) is 0 Å². The van der Waals surface area contributed by atoms with Crippen LogP contribution in [0.3, 0.4) is 0 Å². The smallest absolute Gasteiger partial charge is 0.321 e. The predicted molar refractivity (Wildman–Crippen MR) is 88.9 cm³/mol. The number of amides is 2. The van der Waals surface area contributed by atoms with Gasteiger partial charge in [-0.05, 0) is 31.2 Å². The fraction of sp³-hybridized carbons (Fsp3) is 0.389. The fourth-order valence-corrected chi connectivity index (χ4v) is 3.12. The Labute approximate surface area is 130 Å². The van der Waals surface area contributed by atoms with Gasteiger partial charge in [0.15, 0.2) is 0 Å². The summed E-state index contributed by atoms with van der Waals surface area (Å²) in [6.07, 6.45) is 1.56. The number of hydrogen-bond donors (Lipinski definition) is 2. The van der Waals surface area contributed by atoms with Crippen LogP contribution in [0.15, 0.2) is 42.5 Å². The van der Waals surface area contributed by atoms with Crippen molar-refractivity contribution < 1.29 is 9.90 Å². The van der Waals surface area contributed by atoms with Crippen LogP contribution >= 0.6 is 0 Å². The Hall–Kier alpha value is -2.07. The van der Waals surface area contributed by atoms with E-state index >= 15 is 0 Å². The topological polar surface area (TPSA) is 52.6 Å². The maximum Gasteiger partial charge on any atom is 0.321 e. The summed E-state index contributed by atoms with van der Waals surface area (Å²) in [5.41, 5.74) is 0.835. The van der Waals surface area contributed by atoms with Crippen molar-refractivity contribution in [2.24, 2.45) is 5.92 Å². The van der Waals surface area contributed by atoms with E-state index in [1.807, 2.05) is 47.4 Å².